The van der Waals surface area contributed by atoms with E-state index in [9.17, 15) is 0 Å². The van der Waals surface area contributed by atoms with Crippen LogP contribution < -0.4 is 0 Å². The SMILES string of the molecule is CCOC(C)O.[Ca+2].[H-].[H-]. The molecule has 0 aliphatic rings. The molecule has 0 heterocycles. The van der Waals surface area contributed by atoms with E-state index in [1.165, 1.54) is 0 Å². The molecule has 0 spiro atoms. The van der Waals surface area contributed by atoms with E-state index in [0.29, 0.717) is 6.61 Å². The Hall–Kier alpha value is 1.18. The molecular weight excluding hydrogens is 120 g/mol. The minimum absolute atomic E-state index is 0. The third-order valence-electron chi connectivity index (χ3n) is 0.408. The molecule has 0 amide bonds. The predicted molar refractivity (Wildman–Crippen MR) is 31.3 cm³/mol. The fourth-order valence-electron chi connectivity index (χ4n) is 0.241. The van der Waals surface area contributed by atoms with Gasteiger partial charge in [0, 0.05) is 6.61 Å². The summed E-state index contributed by atoms with van der Waals surface area (Å²) in [6.45, 7) is 4.01. The van der Waals surface area contributed by atoms with Gasteiger partial charge in [0.2, 0.25) is 0 Å². The number of ether oxygens (including phenoxy) is 1. The van der Waals surface area contributed by atoms with Crippen LogP contribution in [0.25, 0.3) is 0 Å². The number of hydrogen-bond donors (Lipinski definition) is 1. The largest absolute Gasteiger partial charge is 2.00 e. The molecule has 0 aromatic carbocycles. The monoisotopic (exact) mass is 132 g/mol. The Kier molecular flexibility index (Phi) is 11.3. The van der Waals surface area contributed by atoms with Crippen molar-refractivity contribution in [3.05, 3.63) is 0 Å². The van der Waals surface area contributed by atoms with Crippen molar-refractivity contribution in [3.8, 4) is 0 Å². The Bertz CT molecular complexity index is 37.7. The number of hydrogen-bond acceptors (Lipinski definition) is 2. The molecule has 2 nitrogen and oxygen atoms in total. The van der Waals surface area contributed by atoms with Crippen LogP contribution in [0.2, 0.25) is 0 Å². The van der Waals surface area contributed by atoms with Crippen molar-refractivity contribution in [2.45, 2.75) is 20.1 Å². The molecule has 0 fully saturated rings. The third-order valence-corrected chi connectivity index (χ3v) is 0.408. The van der Waals surface area contributed by atoms with Gasteiger partial charge in [-0.25, -0.2) is 0 Å². The van der Waals surface area contributed by atoms with E-state index in [2.05, 4.69) is 4.74 Å². The van der Waals surface area contributed by atoms with Crippen LogP contribution in [0, 0.1) is 0 Å². The van der Waals surface area contributed by atoms with Gasteiger partial charge in [-0.1, -0.05) is 0 Å². The topological polar surface area (TPSA) is 29.5 Å². The van der Waals surface area contributed by atoms with Crippen LogP contribution in [0.1, 0.15) is 16.7 Å². The molecule has 0 aromatic heterocycles. The second kappa shape index (κ2) is 7.18. The van der Waals surface area contributed by atoms with Gasteiger partial charge in [0.05, 0.1) is 0 Å². The van der Waals surface area contributed by atoms with Crippen molar-refractivity contribution < 1.29 is 12.7 Å². The summed E-state index contributed by atoms with van der Waals surface area (Å²) in [7, 11) is 0. The van der Waals surface area contributed by atoms with Gasteiger partial charge in [-0.15, -0.1) is 0 Å². The van der Waals surface area contributed by atoms with Crippen molar-refractivity contribution >= 4 is 37.7 Å². The van der Waals surface area contributed by atoms with Gasteiger partial charge in [0.1, 0.15) is 0 Å². The van der Waals surface area contributed by atoms with E-state index >= 15 is 0 Å². The first-order valence-electron chi connectivity index (χ1n) is 2.07. The molecule has 7 heavy (non-hydrogen) atoms. The number of aliphatic hydroxyl groups is 1. The molecular formula is C4H12CaO2. The van der Waals surface area contributed by atoms with Gasteiger partial charge in [0.25, 0.3) is 0 Å². The van der Waals surface area contributed by atoms with E-state index in [4.69, 9.17) is 5.11 Å². The van der Waals surface area contributed by atoms with Gasteiger partial charge in [-0.05, 0) is 13.8 Å². The summed E-state index contributed by atoms with van der Waals surface area (Å²) >= 11 is 0. The molecule has 0 saturated carbocycles. The molecule has 0 rings (SSSR count). The van der Waals surface area contributed by atoms with Crippen LogP contribution in [-0.2, 0) is 4.74 Å². The van der Waals surface area contributed by atoms with Gasteiger partial charge in [0.15, 0.2) is 6.29 Å². The molecule has 1 atom stereocenters. The smallest absolute Gasteiger partial charge is 1.00 e. The molecule has 1 N–H and O–H groups in total. The zero-order valence-corrected chi connectivity index (χ0v) is 7.06. The van der Waals surface area contributed by atoms with Gasteiger partial charge < -0.3 is 12.7 Å². The molecule has 0 radical (unpaired) electrons. The molecule has 3 heteroatoms. The second-order valence-corrected chi connectivity index (χ2v) is 1.05. The molecule has 1 unspecified atom stereocenters. The quantitative estimate of drug-likeness (QED) is 0.430. The minimum atomic E-state index is -0.602. The first kappa shape index (κ1) is 11.0. The molecule has 0 aliphatic heterocycles. The zero-order valence-electron chi connectivity index (χ0n) is 6.85. The third kappa shape index (κ3) is 11.0. The van der Waals surface area contributed by atoms with Crippen LogP contribution in [0.3, 0.4) is 0 Å². The molecule has 0 saturated heterocycles. The normalized spacial score (nSPS) is 12.4. The Morgan fingerprint density at radius 2 is 2.29 bits per heavy atom. The van der Waals surface area contributed by atoms with E-state index < -0.39 is 6.29 Å². The summed E-state index contributed by atoms with van der Waals surface area (Å²) in [5.41, 5.74) is 0. The average molecular weight is 132 g/mol. The minimum Gasteiger partial charge on any atom is -1.00 e. The Labute approximate surface area is 76.8 Å². The van der Waals surface area contributed by atoms with Gasteiger partial charge >= 0.3 is 37.7 Å². The fraction of sp³-hybridized carbons (Fsp3) is 1.00. The predicted octanol–water partition coefficient (Wildman–Crippen LogP) is 0.205. The molecule has 0 bridgehead atoms. The van der Waals surface area contributed by atoms with Crippen LogP contribution >= 0.6 is 0 Å². The van der Waals surface area contributed by atoms with E-state index in [1.54, 1.807) is 6.92 Å². The van der Waals surface area contributed by atoms with Crippen LogP contribution in [0.4, 0.5) is 0 Å². The summed E-state index contributed by atoms with van der Waals surface area (Å²) in [6.07, 6.45) is -0.602. The number of rotatable bonds is 2. The molecule has 0 aliphatic carbocycles. The summed E-state index contributed by atoms with van der Waals surface area (Å²) in [6, 6.07) is 0. The van der Waals surface area contributed by atoms with Crippen molar-refractivity contribution in [1.29, 1.82) is 0 Å². The summed E-state index contributed by atoms with van der Waals surface area (Å²) in [5, 5.41) is 8.33. The maximum atomic E-state index is 8.33. The summed E-state index contributed by atoms with van der Waals surface area (Å²) < 4.78 is 4.60. The van der Waals surface area contributed by atoms with Crippen LogP contribution in [-0.4, -0.2) is 55.7 Å². The van der Waals surface area contributed by atoms with Crippen LogP contribution in [0.15, 0.2) is 0 Å². The molecule has 42 valence electrons. The van der Waals surface area contributed by atoms with Crippen molar-refractivity contribution in [1.82, 2.24) is 0 Å². The Balaban J connectivity index is -0.0000000417. The molecule has 0 aromatic rings. The van der Waals surface area contributed by atoms with E-state index in [1.807, 2.05) is 6.92 Å². The van der Waals surface area contributed by atoms with Gasteiger partial charge in [-0.2, -0.15) is 0 Å². The van der Waals surface area contributed by atoms with E-state index in [0.717, 1.165) is 0 Å². The fourth-order valence-corrected chi connectivity index (χ4v) is 0.241. The first-order valence-corrected chi connectivity index (χ1v) is 2.07. The number of aliphatic hydroxyl groups excluding tert-OH is 1. The van der Waals surface area contributed by atoms with Crippen molar-refractivity contribution in [3.63, 3.8) is 0 Å². The Morgan fingerprint density at radius 3 is 2.29 bits per heavy atom. The van der Waals surface area contributed by atoms with Crippen molar-refractivity contribution in [2.75, 3.05) is 6.61 Å². The second-order valence-electron chi connectivity index (χ2n) is 1.05. The maximum Gasteiger partial charge on any atom is 2.00 e. The van der Waals surface area contributed by atoms with E-state index in [-0.39, 0.29) is 40.6 Å². The maximum absolute atomic E-state index is 8.33. The van der Waals surface area contributed by atoms with Crippen LogP contribution in [0.5, 0.6) is 0 Å². The zero-order chi connectivity index (χ0) is 4.99. The summed E-state index contributed by atoms with van der Waals surface area (Å²) in [5.74, 6) is 0. The van der Waals surface area contributed by atoms with Crippen molar-refractivity contribution in [2.24, 2.45) is 0 Å². The average Bonchev–Trinajstić information content (AvgIpc) is 1.35. The Morgan fingerprint density at radius 1 is 1.86 bits per heavy atom. The first-order chi connectivity index (χ1) is 2.77. The summed E-state index contributed by atoms with van der Waals surface area (Å²) in [4.78, 5) is 0. The van der Waals surface area contributed by atoms with Gasteiger partial charge in [-0.3, -0.25) is 0 Å². The standard InChI is InChI=1S/C4H10O2.Ca.2H/c1-3-6-4(2)5;;;/h4-5H,3H2,1-2H3;;;/q;+2;2*-1.